The molecule has 0 fully saturated rings. The topological polar surface area (TPSA) is 38.0 Å². The minimum atomic E-state index is 0.330. The maximum Gasteiger partial charge on any atom is 0.0346 e. The molecule has 0 unspecified atom stereocenters. The fourth-order valence-corrected chi connectivity index (χ4v) is 1.53. The second-order valence-corrected chi connectivity index (χ2v) is 5.94. The Hall–Kier alpha value is -1.02. The van der Waals surface area contributed by atoms with Crippen molar-refractivity contribution in [2.45, 2.75) is 41.2 Å². The van der Waals surface area contributed by atoms with Crippen molar-refractivity contribution in [1.29, 1.82) is 0 Å². The SMILES string of the molecule is Cc1ccc(CNCC(C)(C)C(C)C)cc1N. The smallest absolute Gasteiger partial charge is 0.0346 e. The van der Waals surface area contributed by atoms with Gasteiger partial charge in [0.2, 0.25) is 0 Å². The lowest BCUT2D eigenvalue weighted by Crippen LogP contribution is -2.33. The van der Waals surface area contributed by atoms with Gasteiger partial charge < -0.3 is 11.1 Å². The van der Waals surface area contributed by atoms with Crippen LogP contribution in [0.3, 0.4) is 0 Å². The van der Waals surface area contributed by atoms with Gasteiger partial charge in [-0.15, -0.1) is 0 Å². The van der Waals surface area contributed by atoms with Crippen molar-refractivity contribution < 1.29 is 0 Å². The first kappa shape index (κ1) is 14.0. The first-order valence-electron chi connectivity index (χ1n) is 6.38. The molecule has 1 aromatic carbocycles. The van der Waals surface area contributed by atoms with E-state index >= 15 is 0 Å². The van der Waals surface area contributed by atoms with Gasteiger partial charge in [-0.05, 0) is 35.4 Å². The van der Waals surface area contributed by atoms with Crippen molar-refractivity contribution in [3.05, 3.63) is 29.3 Å². The monoisotopic (exact) mass is 234 g/mol. The van der Waals surface area contributed by atoms with E-state index in [9.17, 15) is 0 Å². The molecule has 96 valence electrons. The lowest BCUT2D eigenvalue weighted by Gasteiger charge is -2.29. The summed E-state index contributed by atoms with van der Waals surface area (Å²) in [7, 11) is 0. The van der Waals surface area contributed by atoms with Crippen molar-refractivity contribution >= 4 is 5.69 Å². The summed E-state index contributed by atoms with van der Waals surface area (Å²) in [5.41, 5.74) is 9.52. The average Bonchev–Trinajstić information content (AvgIpc) is 2.23. The number of nitrogen functional groups attached to an aromatic ring is 1. The highest BCUT2D eigenvalue weighted by Crippen LogP contribution is 2.24. The molecule has 0 bridgehead atoms. The molecule has 17 heavy (non-hydrogen) atoms. The van der Waals surface area contributed by atoms with Gasteiger partial charge in [0.05, 0.1) is 0 Å². The molecule has 0 spiro atoms. The van der Waals surface area contributed by atoms with E-state index < -0.39 is 0 Å². The minimum Gasteiger partial charge on any atom is -0.399 e. The van der Waals surface area contributed by atoms with E-state index in [2.05, 4.69) is 51.2 Å². The molecule has 0 amide bonds. The molecule has 0 aliphatic carbocycles. The Balaban J connectivity index is 2.49. The van der Waals surface area contributed by atoms with E-state index in [0.717, 1.165) is 24.3 Å². The first-order valence-corrected chi connectivity index (χ1v) is 6.38. The summed E-state index contributed by atoms with van der Waals surface area (Å²) in [5, 5.41) is 3.51. The number of hydrogen-bond donors (Lipinski definition) is 2. The highest BCUT2D eigenvalue weighted by molar-refractivity contribution is 5.48. The van der Waals surface area contributed by atoms with Gasteiger partial charge in [-0.3, -0.25) is 0 Å². The number of aryl methyl sites for hydroxylation is 1. The van der Waals surface area contributed by atoms with Gasteiger partial charge in [0.1, 0.15) is 0 Å². The second-order valence-electron chi connectivity index (χ2n) is 5.94. The number of benzene rings is 1. The highest BCUT2D eigenvalue weighted by Gasteiger charge is 2.21. The highest BCUT2D eigenvalue weighted by atomic mass is 14.9. The van der Waals surface area contributed by atoms with Crippen molar-refractivity contribution in [1.82, 2.24) is 5.32 Å². The fraction of sp³-hybridized carbons (Fsp3) is 0.600. The van der Waals surface area contributed by atoms with Crippen molar-refractivity contribution in [2.75, 3.05) is 12.3 Å². The van der Waals surface area contributed by atoms with E-state index in [1.165, 1.54) is 5.56 Å². The zero-order chi connectivity index (χ0) is 13.1. The largest absolute Gasteiger partial charge is 0.399 e. The third kappa shape index (κ3) is 4.04. The summed E-state index contributed by atoms with van der Waals surface area (Å²) < 4.78 is 0. The number of anilines is 1. The standard InChI is InChI=1S/C15H26N2/c1-11(2)15(4,5)10-17-9-13-7-6-12(3)14(16)8-13/h6-8,11,17H,9-10,16H2,1-5H3. The molecular weight excluding hydrogens is 208 g/mol. The van der Waals surface area contributed by atoms with Crippen LogP contribution in [-0.4, -0.2) is 6.54 Å². The van der Waals surface area contributed by atoms with Crippen molar-refractivity contribution in [3.63, 3.8) is 0 Å². The Morgan fingerprint density at radius 2 is 1.94 bits per heavy atom. The number of hydrogen-bond acceptors (Lipinski definition) is 2. The molecule has 0 saturated carbocycles. The Kier molecular flexibility index (Phi) is 4.58. The van der Waals surface area contributed by atoms with Gasteiger partial charge in [0.15, 0.2) is 0 Å². The third-order valence-corrected chi connectivity index (χ3v) is 3.82. The molecule has 0 saturated heterocycles. The third-order valence-electron chi connectivity index (χ3n) is 3.82. The molecule has 3 N–H and O–H groups in total. The maximum atomic E-state index is 5.90. The lowest BCUT2D eigenvalue weighted by atomic mass is 9.81. The fourth-order valence-electron chi connectivity index (χ4n) is 1.53. The number of nitrogens with two attached hydrogens (primary N) is 1. The van der Waals surface area contributed by atoms with Crippen molar-refractivity contribution in [2.24, 2.45) is 11.3 Å². The Labute approximate surface area is 106 Å². The van der Waals surface area contributed by atoms with Crippen LogP contribution in [-0.2, 0) is 6.54 Å². The molecule has 0 aromatic heterocycles. The summed E-state index contributed by atoms with van der Waals surface area (Å²) in [4.78, 5) is 0. The normalized spacial score (nSPS) is 12.1. The van der Waals surface area contributed by atoms with Crippen LogP contribution in [0, 0.1) is 18.3 Å². The summed E-state index contributed by atoms with van der Waals surface area (Å²) in [5.74, 6) is 0.679. The van der Waals surface area contributed by atoms with E-state index in [1.54, 1.807) is 0 Å². The maximum absolute atomic E-state index is 5.90. The molecule has 0 heterocycles. The van der Waals surface area contributed by atoms with Crippen LogP contribution in [0.2, 0.25) is 0 Å². The van der Waals surface area contributed by atoms with Crippen LogP contribution in [0.15, 0.2) is 18.2 Å². The van der Waals surface area contributed by atoms with Gasteiger partial charge in [0, 0.05) is 18.8 Å². The Morgan fingerprint density at radius 3 is 2.47 bits per heavy atom. The van der Waals surface area contributed by atoms with Crippen LogP contribution < -0.4 is 11.1 Å². The van der Waals surface area contributed by atoms with Crippen molar-refractivity contribution in [3.8, 4) is 0 Å². The molecule has 1 aromatic rings. The number of rotatable bonds is 5. The van der Waals surface area contributed by atoms with Crippen LogP contribution >= 0.6 is 0 Å². The summed E-state index contributed by atoms with van der Waals surface area (Å²) in [6, 6.07) is 6.28. The van der Waals surface area contributed by atoms with E-state index in [0.29, 0.717) is 11.3 Å². The molecule has 0 radical (unpaired) electrons. The molecular formula is C15H26N2. The summed E-state index contributed by atoms with van der Waals surface area (Å²) >= 11 is 0. The molecule has 0 atom stereocenters. The predicted molar refractivity (Wildman–Crippen MR) is 75.9 cm³/mol. The predicted octanol–water partition coefficient (Wildman–Crippen LogP) is 3.35. The van der Waals surface area contributed by atoms with Gasteiger partial charge in [0.25, 0.3) is 0 Å². The van der Waals surface area contributed by atoms with Gasteiger partial charge >= 0.3 is 0 Å². The zero-order valence-corrected chi connectivity index (χ0v) is 11.8. The molecule has 2 nitrogen and oxygen atoms in total. The van der Waals surface area contributed by atoms with Crippen LogP contribution in [0.1, 0.15) is 38.8 Å². The molecule has 0 aliphatic heterocycles. The first-order chi connectivity index (χ1) is 7.83. The van der Waals surface area contributed by atoms with Crippen LogP contribution in [0.5, 0.6) is 0 Å². The van der Waals surface area contributed by atoms with E-state index in [-0.39, 0.29) is 0 Å². The lowest BCUT2D eigenvalue weighted by molar-refractivity contribution is 0.238. The molecule has 0 aliphatic rings. The summed E-state index contributed by atoms with van der Waals surface area (Å²) in [6.45, 7) is 13.1. The number of nitrogens with one attached hydrogen (secondary N) is 1. The molecule has 1 rings (SSSR count). The van der Waals surface area contributed by atoms with Gasteiger partial charge in [-0.25, -0.2) is 0 Å². The Bertz CT molecular complexity index is 367. The molecule has 2 heteroatoms. The van der Waals surface area contributed by atoms with Crippen LogP contribution in [0.25, 0.3) is 0 Å². The summed E-state index contributed by atoms with van der Waals surface area (Å²) in [6.07, 6.45) is 0. The quantitative estimate of drug-likeness (QED) is 0.767. The minimum absolute atomic E-state index is 0.330. The second kappa shape index (κ2) is 5.54. The Morgan fingerprint density at radius 1 is 1.29 bits per heavy atom. The zero-order valence-electron chi connectivity index (χ0n) is 11.8. The average molecular weight is 234 g/mol. The van der Waals surface area contributed by atoms with Gasteiger partial charge in [-0.1, -0.05) is 39.8 Å². The van der Waals surface area contributed by atoms with Crippen LogP contribution in [0.4, 0.5) is 5.69 Å². The van der Waals surface area contributed by atoms with E-state index in [4.69, 9.17) is 5.73 Å². The van der Waals surface area contributed by atoms with E-state index in [1.807, 2.05) is 6.92 Å². The van der Waals surface area contributed by atoms with Gasteiger partial charge in [-0.2, -0.15) is 0 Å².